The molecule has 1 aromatic rings. The van der Waals surface area contributed by atoms with Gasteiger partial charge >= 0.3 is 6.18 Å². The predicted molar refractivity (Wildman–Crippen MR) is 96.6 cm³/mol. The summed E-state index contributed by atoms with van der Waals surface area (Å²) in [6.07, 6.45) is 0.615. The highest BCUT2D eigenvalue weighted by atomic mass is 19.4. The maximum Gasteiger partial charge on any atom is 0.417 e. The fraction of sp³-hybridized carbons (Fsp3) is 0.526. The van der Waals surface area contributed by atoms with Crippen LogP contribution in [0.15, 0.2) is 28.9 Å². The summed E-state index contributed by atoms with van der Waals surface area (Å²) < 4.78 is 39.8. The third kappa shape index (κ3) is 4.37. The molecule has 0 aromatic carbocycles. The number of hydrogen-bond donors (Lipinski definition) is 2. The van der Waals surface area contributed by atoms with Crippen LogP contribution in [0.25, 0.3) is 0 Å². The number of nitrogens with one attached hydrogen (secondary N) is 1. The van der Waals surface area contributed by atoms with Gasteiger partial charge in [-0.25, -0.2) is 0 Å². The van der Waals surface area contributed by atoms with Crippen LogP contribution in [0, 0.1) is 12.8 Å². The molecule has 0 radical (unpaired) electrons. The monoisotopic (exact) mass is 380 g/mol. The summed E-state index contributed by atoms with van der Waals surface area (Å²) in [5, 5.41) is 2.76. The van der Waals surface area contributed by atoms with E-state index in [0.29, 0.717) is 37.1 Å². The van der Waals surface area contributed by atoms with Crippen molar-refractivity contribution in [1.82, 2.24) is 10.3 Å². The van der Waals surface area contributed by atoms with Crippen LogP contribution in [-0.2, 0) is 11.3 Å². The van der Waals surface area contributed by atoms with Gasteiger partial charge in [0.2, 0.25) is 5.91 Å². The number of aryl methyl sites for hydroxylation is 1. The van der Waals surface area contributed by atoms with E-state index in [4.69, 9.17) is 5.73 Å². The number of allylic oxidation sites excluding steroid dienone is 2. The zero-order valence-corrected chi connectivity index (χ0v) is 15.4. The molecule has 2 aliphatic rings. The number of amides is 1. The molecule has 1 aromatic heterocycles. The summed E-state index contributed by atoms with van der Waals surface area (Å²) in [6.45, 7) is 3.77. The van der Waals surface area contributed by atoms with Crippen molar-refractivity contribution in [3.8, 4) is 0 Å². The second-order valence-corrected chi connectivity index (χ2v) is 7.39. The molecule has 5 nitrogen and oxygen atoms in total. The van der Waals surface area contributed by atoms with Crippen molar-refractivity contribution < 1.29 is 18.0 Å². The maximum absolute atomic E-state index is 13.3. The van der Waals surface area contributed by atoms with Gasteiger partial charge in [-0.1, -0.05) is 13.0 Å². The number of alkyl halides is 3. The quantitative estimate of drug-likeness (QED) is 0.839. The zero-order chi connectivity index (χ0) is 19.8. The summed E-state index contributed by atoms with van der Waals surface area (Å²) >= 11 is 0. The number of rotatable bonds is 4. The molecule has 146 valence electrons. The first-order valence-electron chi connectivity index (χ1n) is 8.99. The van der Waals surface area contributed by atoms with Gasteiger partial charge in [-0.2, -0.15) is 13.2 Å². The van der Waals surface area contributed by atoms with Crippen LogP contribution >= 0.6 is 0 Å². The molecule has 0 bridgehead atoms. The molecular formula is C19H23F3N4O. The molecule has 0 aliphatic heterocycles. The highest BCUT2D eigenvalue weighted by molar-refractivity contribution is 6.04. The molecule has 2 aliphatic carbocycles. The van der Waals surface area contributed by atoms with Crippen molar-refractivity contribution in [1.29, 1.82) is 0 Å². The number of aliphatic imine (C=N–C) groups is 1. The van der Waals surface area contributed by atoms with Crippen LogP contribution in [0.1, 0.15) is 43.9 Å². The van der Waals surface area contributed by atoms with Gasteiger partial charge in [0.25, 0.3) is 0 Å². The molecule has 1 amide bonds. The third-order valence-corrected chi connectivity index (χ3v) is 5.08. The molecule has 1 unspecified atom stereocenters. The molecule has 1 atom stereocenters. The number of hydrogen-bond acceptors (Lipinski definition) is 4. The Kier molecular flexibility index (Phi) is 5.12. The van der Waals surface area contributed by atoms with Gasteiger partial charge in [0.1, 0.15) is 0 Å². The van der Waals surface area contributed by atoms with E-state index >= 15 is 0 Å². The number of aromatic nitrogens is 1. The Labute approximate surface area is 156 Å². The first-order valence-corrected chi connectivity index (χ1v) is 8.99. The van der Waals surface area contributed by atoms with Crippen molar-refractivity contribution in [3.63, 3.8) is 0 Å². The lowest BCUT2D eigenvalue weighted by Gasteiger charge is -2.23. The smallest absolute Gasteiger partial charge is 0.349 e. The second-order valence-electron chi connectivity index (χ2n) is 7.39. The van der Waals surface area contributed by atoms with Crippen LogP contribution in [-0.4, -0.2) is 28.3 Å². The van der Waals surface area contributed by atoms with E-state index in [1.165, 1.54) is 12.3 Å². The van der Waals surface area contributed by atoms with E-state index < -0.39 is 17.3 Å². The van der Waals surface area contributed by atoms with E-state index in [1.54, 1.807) is 19.9 Å². The molecule has 0 spiro atoms. The second kappa shape index (κ2) is 7.07. The van der Waals surface area contributed by atoms with Gasteiger partial charge in [-0.15, -0.1) is 0 Å². The Morgan fingerprint density at radius 2 is 2.15 bits per heavy atom. The normalized spacial score (nSPS) is 23.1. The average Bonchev–Trinajstić information content (AvgIpc) is 3.33. The lowest BCUT2D eigenvalue weighted by Crippen LogP contribution is -2.42. The third-order valence-electron chi connectivity index (χ3n) is 5.08. The van der Waals surface area contributed by atoms with Crippen molar-refractivity contribution >= 4 is 17.3 Å². The van der Waals surface area contributed by atoms with E-state index in [1.807, 2.05) is 0 Å². The summed E-state index contributed by atoms with van der Waals surface area (Å²) in [5.74, 6) is -0.478. The van der Waals surface area contributed by atoms with Gasteiger partial charge in [0.15, 0.2) is 0 Å². The average molecular weight is 380 g/mol. The lowest BCUT2D eigenvalue weighted by molar-refractivity contribution is -0.123. The maximum atomic E-state index is 13.3. The molecular weight excluding hydrogens is 357 g/mol. The molecule has 3 N–H and O–H groups in total. The molecule has 8 heteroatoms. The molecule has 3 rings (SSSR count). The minimum Gasteiger partial charge on any atom is -0.349 e. The SMILES string of the molecule is Cc1cc(N=C2C(C(F)(F)F)=CCCC2C)cnc1CNC(=O)C1(N)CC1. The van der Waals surface area contributed by atoms with E-state index in [2.05, 4.69) is 15.3 Å². The number of nitrogens with two attached hydrogens (primary N) is 1. The van der Waals surface area contributed by atoms with Gasteiger partial charge in [-0.05, 0) is 50.2 Å². The van der Waals surface area contributed by atoms with Crippen LogP contribution in [0.4, 0.5) is 18.9 Å². The van der Waals surface area contributed by atoms with Crippen LogP contribution in [0.5, 0.6) is 0 Å². The summed E-state index contributed by atoms with van der Waals surface area (Å²) in [6, 6.07) is 1.69. The minimum atomic E-state index is -4.42. The van der Waals surface area contributed by atoms with Gasteiger partial charge in [0, 0.05) is 0 Å². The first-order chi connectivity index (χ1) is 12.6. The Morgan fingerprint density at radius 1 is 1.44 bits per heavy atom. The highest BCUT2D eigenvalue weighted by Crippen LogP contribution is 2.35. The van der Waals surface area contributed by atoms with E-state index in [-0.39, 0.29) is 24.1 Å². The van der Waals surface area contributed by atoms with E-state index in [0.717, 1.165) is 5.56 Å². The fourth-order valence-corrected chi connectivity index (χ4v) is 3.09. The number of nitrogens with zero attached hydrogens (tertiary/aromatic N) is 2. The van der Waals surface area contributed by atoms with Gasteiger partial charge in [0.05, 0.1) is 40.9 Å². The summed E-state index contributed by atoms with van der Waals surface area (Å²) in [4.78, 5) is 20.4. The zero-order valence-electron chi connectivity index (χ0n) is 15.4. The van der Waals surface area contributed by atoms with Crippen LogP contribution < -0.4 is 11.1 Å². The highest BCUT2D eigenvalue weighted by Gasteiger charge is 2.45. The lowest BCUT2D eigenvalue weighted by atomic mass is 9.87. The van der Waals surface area contributed by atoms with Gasteiger partial charge < -0.3 is 11.1 Å². The van der Waals surface area contributed by atoms with Crippen molar-refractivity contribution in [2.24, 2.45) is 16.6 Å². The van der Waals surface area contributed by atoms with Crippen LogP contribution in [0.3, 0.4) is 0 Å². The van der Waals surface area contributed by atoms with Crippen molar-refractivity contribution in [2.45, 2.75) is 57.8 Å². The number of pyridine rings is 1. The number of halogens is 3. The molecule has 0 saturated heterocycles. The topological polar surface area (TPSA) is 80.4 Å². The molecule has 1 saturated carbocycles. The van der Waals surface area contributed by atoms with Crippen LogP contribution in [0.2, 0.25) is 0 Å². The Hall–Kier alpha value is -2.22. The predicted octanol–water partition coefficient (Wildman–Crippen LogP) is 3.49. The van der Waals surface area contributed by atoms with E-state index in [9.17, 15) is 18.0 Å². The largest absolute Gasteiger partial charge is 0.417 e. The van der Waals surface area contributed by atoms with Crippen molar-refractivity contribution in [3.05, 3.63) is 35.2 Å². The van der Waals surface area contributed by atoms with Crippen molar-refractivity contribution in [2.75, 3.05) is 0 Å². The Morgan fingerprint density at radius 3 is 2.74 bits per heavy atom. The number of carbonyl (C=O) groups is 1. The standard InChI is InChI=1S/C19H23F3N4O/c1-11-4-3-5-14(19(20,21)22)16(11)26-13-8-12(2)15(24-9-13)10-25-17(27)18(23)6-7-18/h5,8-9,11H,3-4,6-7,10,23H2,1-2H3,(H,25,27). The Balaban J connectivity index is 1.78. The molecule has 27 heavy (non-hydrogen) atoms. The fourth-order valence-electron chi connectivity index (χ4n) is 3.09. The summed E-state index contributed by atoms with van der Waals surface area (Å²) in [5.41, 5.74) is 6.24. The molecule has 1 fully saturated rings. The minimum absolute atomic E-state index is 0.0507. The Bertz CT molecular complexity index is 810. The first kappa shape index (κ1) is 19.5. The molecule has 1 heterocycles. The summed E-state index contributed by atoms with van der Waals surface area (Å²) in [7, 11) is 0. The van der Waals surface area contributed by atoms with Gasteiger partial charge in [-0.3, -0.25) is 14.8 Å². The number of carbonyl (C=O) groups excluding carboxylic acids is 1.